The molecule has 3 rings (SSSR count). The number of aromatic nitrogens is 1. The van der Waals surface area contributed by atoms with Gasteiger partial charge in [-0.1, -0.05) is 26.0 Å². The van der Waals surface area contributed by atoms with E-state index >= 15 is 0 Å². The van der Waals surface area contributed by atoms with Crippen LogP contribution in [0, 0.1) is 11.8 Å². The molecule has 0 spiro atoms. The van der Waals surface area contributed by atoms with E-state index in [1.54, 1.807) is 4.90 Å². The number of likely N-dealkylation sites (tertiary alicyclic amines) is 1. The zero-order valence-electron chi connectivity index (χ0n) is 16.7. The normalized spacial score (nSPS) is 20.2. The van der Waals surface area contributed by atoms with E-state index < -0.39 is 32.2 Å². The van der Waals surface area contributed by atoms with Crippen molar-refractivity contribution in [2.45, 2.75) is 37.1 Å². The molecule has 2 aromatic rings. The summed E-state index contributed by atoms with van der Waals surface area (Å²) in [5, 5.41) is 0. The standard InChI is InChI=1S/C21H23F3N2O3S/c1-14-9-15(2)12-26(11-14)20(27)19-8-4-6-17(25-19)13-30(28,29)18-7-3-5-16(10-18)21(22,23)24/h3-8,10,14-15H,9,11-13H2,1-2H3. The number of nitrogens with zero attached hydrogens (tertiary/aromatic N) is 2. The Kier molecular flexibility index (Phi) is 6.21. The number of amides is 1. The molecule has 30 heavy (non-hydrogen) atoms. The first kappa shape index (κ1) is 22.3. The second kappa shape index (κ2) is 8.37. The van der Waals surface area contributed by atoms with E-state index in [9.17, 15) is 26.4 Å². The van der Waals surface area contributed by atoms with Crippen molar-refractivity contribution in [3.63, 3.8) is 0 Å². The van der Waals surface area contributed by atoms with Crippen molar-refractivity contribution in [3.05, 3.63) is 59.4 Å². The van der Waals surface area contributed by atoms with Crippen LogP contribution in [0.15, 0.2) is 47.4 Å². The molecule has 1 aliphatic rings. The molecule has 0 saturated carbocycles. The number of pyridine rings is 1. The number of carbonyl (C=O) groups is 1. The van der Waals surface area contributed by atoms with Crippen molar-refractivity contribution >= 4 is 15.7 Å². The van der Waals surface area contributed by atoms with Gasteiger partial charge in [-0.3, -0.25) is 4.79 Å². The Morgan fingerprint density at radius 2 is 1.73 bits per heavy atom. The highest BCUT2D eigenvalue weighted by Crippen LogP contribution is 2.31. The van der Waals surface area contributed by atoms with Gasteiger partial charge < -0.3 is 4.90 Å². The van der Waals surface area contributed by atoms with Gasteiger partial charge in [0.2, 0.25) is 0 Å². The highest BCUT2D eigenvalue weighted by Gasteiger charge is 2.32. The first-order valence-electron chi connectivity index (χ1n) is 9.61. The quantitative estimate of drug-likeness (QED) is 0.715. The molecule has 162 valence electrons. The van der Waals surface area contributed by atoms with Gasteiger partial charge in [-0.2, -0.15) is 13.2 Å². The fourth-order valence-electron chi connectivity index (χ4n) is 3.81. The molecule has 2 unspecified atom stereocenters. The number of hydrogen-bond donors (Lipinski definition) is 0. The zero-order valence-corrected chi connectivity index (χ0v) is 17.5. The minimum Gasteiger partial charge on any atom is -0.337 e. The molecule has 1 aromatic carbocycles. The predicted molar refractivity (Wildman–Crippen MR) is 105 cm³/mol. The molecule has 0 N–H and O–H groups in total. The van der Waals surface area contributed by atoms with Gasteiger partial charge in [-0.05, 0) is 48.6 Å². The maximum Gasteiger partial charge on any atom is 0.416 e. The molecule has 0 radical (unpaired) electrons. The molecule has 9 heteroatoms. The lowest BCUT2D eigenvalue weighted by atomic mass is 9.92. The van der Waals surface area contributed by atoms with E-state index in [0.717, 1.165) is 24.6 Å². The molecule has 2 atom stereocenters. The minimum absolute atomic E-state index is 0.108. The fourth-order valence-corrected chi connectivity index (χ4v) is 5.12. The maximum atomic E-state index is 12.9. The Morgan fingerprint density at radius 1 is 1.10 bits per heavy atom. The monoisotopic (exact) mass is 440 g/mol. The summed E-state index contributed by atoms with van der Waals surface area (Å²) in [4.78, 5) is 18.3. The number of sulfone groups is 1. The molecule has 5 nitrogen and oxygen atoms in total. The van der Waals surface area contributed by atoms with E-state index in [0.29, 0.717) is 31.0 Å². The number of piperidine rings is 1. The summed E-state index contributed by atoms with van der Waals surface area (Å²) >= 11 is 0. The topological polar surface area (TPSA) is 67.3 Å². The van der Waals surface area contributed by atoms with Crippen molar-refractivity contribution in [2.75, 3.05) is 13.1 Å². The van der Waals surface area contributed by atoms with Gasteiger partial charge in [0, 0.05) is 13.1 Å². The average molecular weight is 440 g/mol. The highest BCUT2D eigenvalue weighted by molar-refractivity contribution is 7.90. The third-order valence-electron chi connectivity index (χ3n) is 5.04. The third-order valence-corrected chi connectivity index (χ3v) is 6.69. The number of benzene rings is 1. The number of alkyl halides is 3. The van der Waals surface area contributed by atoms with Crippen molar-refractivity contribution in [1.29, 1.82) is 0 Å². The molecular formula is C21H23F3N2O3S. The Hall–Kier alpha value is -2.42. The van der Waals surface area contributed by atoms with Crippen LogP contribution in [0.2, 0.25) is 0 Å². The maximum absolute atomic E-state index is 12.9. The predicted octanol–water partition coefficient (Wildman–Crippen LogP) is 4.19. The van der Waals surface area contributed by atoms with E-state index in [4.69, 9.17) is 0 Å². The van der Waals surface area contributed by atoms with Gasteiger partial charge in [0.15, 0.2) is 9.84 Å². The summed E-state index contributed by atoms with van der Waals surface area (Å²) in [7, 11) is -4.07. The lowest BCUT2D eigenvalue weighted by Crippen LogP contribution is -2.42. The first-order valence-corrected chi connectivity index (χ1v) is 11.3. The first-order chi connectivity index (χ1) is 14.0. The SMILES string of the molecule is CC1CC(C)CN(C(=O)c2cccc(CS(=O)(=O)c3cccc(C(F)(F)F)c3)n2)C1. The van der Waals surface area contributed by atoms with Crippen LogP contribution in [-0.2, 0) is 21.8 Å². The summed E-state index contributed by atoms with van der Waals surface area (Å²) in [5.41, 5.74) is -0.793. The van der Waals surface area contributed by atoms with Gasteiger partial charge in [0.25, 0.3) is 5.91 Å². The lowest BCUT2D eigenvalue weighted by Gasteiger charge is -2.34. The van der Waals surface area contributed by atoms with Gasteiger partial charge >= 0.3 is 6.18 Å². The van der Waals surface area contributed by atoms with Crippen LogP contribution < -0.4 is 0 Å². The van der Waals surface area contributed by atoms with Crippen LogP contribution >= 0.6 is 0 Å². The van der Waals surface area contributed by atoms with Crippen molar-refractivity contribution in [2.24, 2.45) is 11.8 Å². The van der Waals surface area contributed by atoms with Crippen LogP contribution in [-0.4, -0.2) is 37.3 Å². The summed E-state index contributed by atoms with van der Waals surface area (Å²) in [5.74, 6) is -0.140. The van der Waals surface area contributed by atoms with Crippen LogP contribution in [0.3, 0.4) is 0 Å². The number of hydrogen-bond acceptors (Lipinski definition) is 4. The Morgan fingerprint density at radius 3 is 2.37 bits per heavy atom. The summed E-state index contributed by atoms with van der Waals surface area (Å²) in [6, 6.07) is 8.11. The summed E-state index contributed by atoms with van der Waals surface area (Å²) < 4.78 is 64.0. The third kappa shape index (κ3) is 5.19. The summed E-state index contributed by atoms with van der Waals surface area (Å²) in [6.45, 7) is 5.36. The van der Waals surface area contributed by atoms with Crippen molar-refractivity contribution in [1.82, 2.24) is 9.88 Å². The van der Waals surface area contributed by atoms with Gasteiger partial charge in [0.05, 0.1) is 21.9 Å². The Labute approximate surface area is 173 Å². The van der Waals surface area contributed by atoms with Crippen LogP contribution in [0.4, 0.5) is 13.2 Å². The van der Waals surface area contributed by atoms with Crippen LogP contribution in [0.5, 0.6) is 0 Å². The van der Waals surface area contributed by atoms with Crippen LogP contribution in [0.1, 0.15) is 42.0 Å². The number of halogens is 3. The Bertz CT molecular complexity index is 1030. The zero-order chi connectivity index (χ0) is 22.1. The number of carbonyl (C=O) groups excluding carboxylic acids is 1. The second-order valence-corrected chi connectivity index (χ2v) is 9.94. The summed E-state index contributed by atoms with van der Waals surface area (Å²) in [6.07, 6.45) is -3.61. The molecule has 2 heterocycles. The lowest BCUT2D eigenvalue weighted by molar-refractivity contribution is -0.137. The fraction of sp³-hybridized carbons (Fsp3) is 0.429. The Balaban J connectivity index is 1.82. The molecule has 1 aliphatic heterocycles. The largest absolute Gasteiger partial charge is 0.416 e. The minimum atomic E-state index is -4.64. The van der Waals surface area contributed by atoms with Crippen LogP contribution in [0.25, 0.3) is 0 Å². The second-order valence-electron chi connectivity index (χ2n) is 7.96. The molecule has 1 fully saturated rings. The average Bonchev–Trinajstić information content (AvgIpc) is 2.66. The number of rotatable bonds is 4. The van der Waals surface area contributed by atoms with Crippen molar-refractivity contribution in [3.8, 4) is 0 Å². The highest BCUT2D eigenvalue weighted by atomic mass is 32.2. The van der Waals surface area contributed by atoms with Crippen molar-refractivity contribution < 1.29 is 26.4 Å². The molecule has 1 amide bonds. The van der Waals surface area contributed by atoms with E-state index in [2.05, 4.69) is 18.8 Å². The molecule has 0 bridgehead atoms. The smallest absolute Gasteiger partial charge is 0.337 e. The molecule has 1 aromatic heterocycles. The van der Waals surface area contributed by atoms with E-state index in [1.807, 2.05) is 0 Å². The van der Waals surface area contributed by atoms with Gasteiger partial charge in [0.1, 0.15) is 5.69 Å². The molecular weight excluding hydrogens is 417 g/mol. The van der Waals surface area contributed by atoms with Gasteiger partial charge in [-0.15, -0.1) is 0 Å². The molecule has 0 aliphatic carbocycles. The van der Waals surface area contributed by atoms with Gasteiger partial charge in [-0.25, -0.2) is 13.4 Å². The van der Waals surface area contributed by atoms with E-state index in [-0.39, 0.29) is 17.3 Å². The molecule has 1 saturated heterocycles. The van der Waals surface area contributed by atoms with E-state index in [1.165, 1.54) is 18.2 Å².